The molecule has 0 saturated heterocycles. The predicted molar refractivity (Wildman–Crippen MR) is 79.0 cm³/mol. The summed E-state index contributed by atoms with van der Waals surface area (Å²) < 4.78 is 0. The Bertz CT molecular complexity index is 498. The van der Waals surface area contributed by atoms with Crippen LogP contribution in [-0.4, -0.2) is 11.9 Å². The molecule has 1 N–H and O–H groups in total. The Morgan fingerprint density at radius 1 is 1.35 bits per heavy atom. The van der Waals surface area contributed by atoms with Crippen LogP contribution in [0.5, 0.6) is 0 Å². The van der Waals surface area contributed by atoms with Gasteiger partial charge < -0.3 is 5.32 Å². The van der Waals surface area contributed by atoms with Gasteiger partial charge in [-0.1, -0.05) is 43.5 Å². The number of nitrogens with one attached hydrogen (secondary N) is 1. The minimum atomic E-state index is -0.585. The van der Waals surface area contributed by atoms with E-state index in [4.69, 9.17) is 0 Å². The highest BCUT2D eigenvalue weighted by Crippen LogP contribution is 2.19. The minimum absolute atomic E-state index is 0.109. The lowest BCUT2D eigenvalue weighted by atomic mass is 9.93. The molecule has 106 valence electrons. The van der Waals surface area contributed by atoms with E-state index in [1.165, 1.54) is 19.3 Å². The van der Waals surface area contributed by atoms with Gasteiger partial charge in [-0.3, -0.25) is 4.79 Å². The van der Waals surface area contributed by atoms with Crippen molar-refractivity contribution in [1.29, 1.82) is 5.26 Å². The molecular formula is C17H22N2O. The van der Waals surface area contributed by atoms with Gasteiger partial charge in [0.25, 0.3) is 0 Å². The highest BCUT2D eigenvalue weighted by atomic mass is 16.1. The molecule has 0 spiro atoms. The van der Waals surface area contributed by atoms with Crippen molar-refractivity contribution in [3.05, 3.63) is 35.4 Å². The van der Waals surface area contributed by atoms with E-state index >= 15 is 0 Å². The number of amides is 1. The van der Waals surface area contributed by atoms with Crippen LogP contribution in [-0.2, 0) is 11.2 Å². The van der Waals surface area contributed by atoms with E-state index in [2.05, 4.69) is 11.4 Å². The monoisotopic (exact) mass is 270 g/mol. The normalized spacial score (nSPS) is 17.2. The molecule has 20 heavy (non-hydrogen) atoms. The number of carbonyl (C=O) groups excluding carboxylic acids is 1. The Hall–Kier alpha value is -1.82. The third-order valence-corrected chi connectivity index (χ3v) is 4.11. The molecule has 1 aromatic carbocycles. The zero-order valence-electron chi connectivity index (χ0n) is 12.1. The number of hydrogen-bond donors (Lipinski definition) is 1. The molecule has 3 heteroatoms. The minimum Gasteiger partial charge on any atom is -0.352 e. The largest absolute Gasteiger partial charge is 0.352 e. The molecular weight excluding hydrogens is 248 g/mol. The first-order chi connectivity index (χ1) is 9.70. The second kappa shape index (κ2) is 7.09. The number of carbonyl (C=O) groups is 1. The van der Waals surface area contributed by atoms with Gasteiger partial charge in [-0.2, -0.15) is 5.26 Å². The molecule has 1 amide bonds. The van der Waals surface area contributed by atoms with Gasteiger partial charge in [0.1, 0.15) is 5.92 Å². The third-order valence-electron chi connectivity index (χ3n) is 4.11. The summed E-state index contributed by atoms with van der Waals surface area (Å²) in [7, 11) is 0. The maximum Gasteiger partial charge on any atom is 0.237 e. The summed E-state index contributed by atoms with van der Waals surface area (Å²) in [6.07, 6.45) is 6.22. The molecule has 0 aromatic heterocycles. The Balaban J connectivity index is 1.95. The summed E-state index contributed by atoms with van der Waals surface area (Å²) in [5, 5.41) is 12.3. The van der Waals surface area contributed by atoms with Gasteiger partial charge in [-0.15, -0.1) is 0 Å². The van der Waals surface area contributed by atoms with Crippen molar-refractivity contribution in [2.45, 2.75) is 51.5 Å². The van der Waals surface area contributed by atoms with Gasteiger partial charge in [0.05, 0.1) is 6.07 Å². The Morgan fingerprint density at radius 3 is 2.70 bits per heavy atom. The Labute approximate surface area is 121 Å². The van der Waals surface area contributed by atoms with Crippen molar-refractivity contribution in [2.75, 3.05) is 0 Å². The quantitative estimate of drug-likeness (QED) is 0.914. The number of rotatable bonds is 4. The zero-order valence-corrected chi connectivity index (χ0v) is 12.1. The first-order valence-corrected chi connectivity index (χ1v) is 7.45. The molecule has 0 heterocycles. The van der Waals surface area contributed by atoms with Crippen molar-refractivity contribution in [3.8, 4) is 6.07 Å². The molecule has 0 radical (unpaired) electrons. The van der Waals surface area contributed by atoms with E-state index in [1.54, 1.807) is 0 Å². The number of nitriles is 1. The smallest absolute Gasteiger partial charge is 0.237 e. The maximum atomic E-state index is 12.2. The first kappa shape index (κ1) is 14.6. The van der Waals surface area contributed by atoms with Crippen LogP contribution in [0, 0.1) is 24.2 Å². The highest BCUT2D eigenvalue weighted by Gasteiger charge is 2.23. The first-order valence-electron chi connectivity index (χ1n) is 7.45. The van der Waals surface area contributed by atoms with Gasteiger partial charge in [-0.25, -0.2) is 0 Å². The maximum absolute atomic E-state index is 12.2. The number of hydrogen-bond acceptors (Lipinski definition) is 2. The molecule has 0 bridgehead atoms. The van der Waals surface area contributed by atoms with Crippen LogP contribution >= 0.6 is 0 Å². The summed E-state index contributed by atoms with van der Waals surface area (Å²) in [6, 6.07) is 10.4. The van der Waals surface area contributed by atoms with Crippen molar-refractivity contribution in [2.24, 2.45) is 5.92 Å². The molecule has 1 aromatic rings. The fourth-order valence-corrected chi connectivity index (χ4v) is 2.80. The van der Waals surface area contributed by atoms with Gasteiger partial charge in [0, 0.05) is 6.04 Å². The van der Waals surface area contributed by atoms with Gasteiger partial charge >= 0.3 is 0 Å². The van der Waals surface area contributed by atoms with E-state index in [0.717, 1.165) is 24.0 Å². The standard InChI is InChI=1S/C17H22N2O/c1-13-7-5-6-8-14(13)11-15(12-18)17(20)19-16-9-3-2-4-10-16/h5-8,15-16H,2-4,9-11H2,1H3,(H,19,20). The van der Waals surface area contributed by atoms with Gasteiger partial charge in [-0.05, 0) is 37.3 Å². The molecule has 3 nitrogen and oxygen atoms in total. The summed E-state index contributed by atoms with van der Waals surface area (Å²) in [5.74, 6) is -0.694. The fraction of sp³-hybridized carbons (Fsp3) is 0.529. The van der Waals surface area contributed by atoms with Crippen LogP contribution < -0.4 is 5.32 Å². The van der Waals surface area contributed by atoms with E-state index in [1.807, 2.05) is 31.2 Å². The molecule has 1 atom stereocenters. The topological polar surface area (TPSA) is 52.9 Å². The molecule has 1 aliphatic carbocycles. The highest BCUT2D eigenvalue weighted by molar-refractivity contribution is 5.81. The summed E-state index contributed by atoms with van der Waals surface area (Å²) >= 11 is 0. The molecule has 1 unspecified atom stereocenters. The zero-order chi connectivity index (χ0) is 14.4. The van der Waals surface area contributed by atoms with E-state index in [0.29, 0.717) is 6.42 Å². The lowest BCUT2D eigenvalue weighted by molar-refractivity contribution is -0.124. The molecule has 1 aliphatic rings. The number of aryl methyl sites for hydroxylation is 1. The van der Waals surface area contributed by atoms with Crippen molar-refractivity contribution in [3.63, 3.8) is 0 Å². The average Bonchev–Trinajstić information content (AvgIpc) is 2.47. The Kier molecular flexibility index (Phi) is 5.17. The van der Waals surface area contributed by atoms with Crippen molar-refractivity contribution < 1.29 is 4.79 Å². The van der Waals surface area contributed by atoms with Crippen LogP contribution in [0.4, 0.5) is 0 Å². The van der Waals surface area contributed by atoms with Crippen molar-refractivity contribution in [1.82, 2.24) is 5.32 Å². The summed E-state index contributed by atoms with van der Waals surface area (Å²) in [5.41, 5.74) is 2.22. The van der Waals surface area contributed by atoms with Crippen LogP contribution in [0.15, 0.2) is 24.3 Å². The van der Waals surface area contributed by atoms with Crippen LogP contribution in [0.1, 0.15) is 43.2 Å². The van der Waals surface area contributed by atoms with E-state index in [9.17, 15) is 10.1 Å². The predicted octanol–water partition coefficient (Wildman–Crippen LogP) is 3.13. The third kappa shape index (κ3) is 3.84. The molecule has 1 fully saturated rings. The molecule has 2 rings (SSSR count). The molecule has 1 saturated carbocycles. The number of benzene rings is 1. The average molecular weight is 270 g/mol. The SMILES string of the molecule is Cc1ccccc1CC(C#N)C(=O)NC1CCCCC1. The lowest BCUT2D eigenvalue weighted by Gasteiger charge is -2.24. The summed E-state index contributed by atoms with van der Waals surface area (Å²) in [4.78, 5) is 12.2. The van der Waals surface area contributed by atoms with E-state index in [-0.39, 0.29) is 11.9 Å². The van der Waals surface area contributed by atoms with E-state index < -0.39 is 5.92 Å². The molecule has 0 aliphatic heterocycles. The summed E-state index contributed by atoms with van der Waals surface area (Å²) in [6.45, 7) is 2.02. The Morgan fingerprint density at radius 2 is 2.05 bits per heavy atom. The van der Waals surface area contributed by atoms with Crippen LogP contribution in [0.3, 0.4) is 0 Å². The van der Waals surface area contributed by atoms with Crippen LogP contribution in [0.25, 0.3) is 0 Å². The lowest BCUT2D eigenvalue weighted by Crippen LogP contribution is -2.40. The van der Waals surface area contributed by atoms with Crippen molar-refractivity contribution >= 4 is 5.91 Å². The van der Waals surface area contributed by atoms with Gasteiger partial charge in [0.15, 0.2) is 0 Å². The van der Waals surface area contributed by atoms with Crippen LogP contribution in [0.2, 0.25) is 0 Å². The number of nitrogens with zero attached hydrogens (tertiary/aromatic N) is 1. The fourth-order valence-electron chi connectivity index (χ4n) is 2.80. The second-order valence-corrected chi connectivity index (χ2v) is 5.66. The van der Waals surface area contributed by atoms with Gasteiger partial charge in [0.2, 0.25) is 5.91 Å². The second-order valence-electron chi connectivity index (χ2n) is 5.66.